The third-order valence-corrected chi connectivity index (χ3v) is 5.62. The van der Waals surface area contributed by atoms with Crippen LogP contribution in [0.25, 0.3) is 11.1 Å². The normalized spacial score (nSPS) is 16.1. The number of nitrogens with zero attached hydrogens (tertiary/aromatic N) is 1. The van der Waals surface area contributed by atoms with Gasteiger partial charge in [-0.1, -0.05) is 18.9 Å². The van der Waals surface area contributed by atoms with Crippen molar-refractivity contribution in [3.05, 3.63) is 53.6 Å². The summed E-state index contributed by atoms with van der Waals surface area (Å²) < 4.78 is 37.6. The average Bonchev–Trinajstić information content (AvgIpc) is 3.40. The molecule has 0 bridgehead atoms. The molecule has 0 aliphatic carbocycles. The maximum Gasteiger partial charge on any atom is 0.295 e. The van der Waals surface area contributed by atoms with Crippen LogP contribution >= 0.6 is 0 Å². The van der Waals surface area contributed by atoms with Crippen molar-refractivity contribution in [1.29, 1.82) is 0 Å². The van der Waals surface area contributed by atoms with E-state index in [1.807, 2.05) is 6.07 Å². The predicted molar refractivity (Wildman–Crippen MR) is 118 cm³/mol. The van der Waals surface area contributed by atoms with Gasteiger partial charge in [0.1, 0.15) is 22.9 Å². The molecule has 0 spiro atoms. The van der Waals surface area contributed by atoms with Crippen LogP contribution in [0.4, 0.5) is 14.8 Å². The van der Waals surface area contributed by atoms with E-state index in [4.69, 9.17) is 9.15 Å². The van der Waals surface area contributed by atoms with Crippen LogP contribution in [0.15, 0.2) is 40.8 Å². The monoisotopic (exact) mass is 429 g/mol. The minimum Gasteiger partial charge on any atom is -0.493 e. The van der Waals surface area contributed by atoms with E-state index in [-0.39, 0.29) is 5.75 Å². The molecule has 2 N–H and O–H groups in total. The average molecular weight is 430 g/mol. The van der Waals surface area contributed by atoms with Crippen molar-refractivity contribution in [2.75, 3.05) is 31.6 Å². The van der Waals surface area contributed by atoms with Gasteiger partial charge in [0.2, 0.25) is 0 Å². The zero-order valence-corrected chi connectivity index (χ0v) is 17.6. The van der Waals surface area contributed by atoms with Crippen molar-refractivity contribution in [2.45, 2.75) is 38.5 Å². The fourth-order valence-corrected chi connectivity index (χ4v) is 3.91. The summed E-state index contributed by atoms with van der Waals surface area (Å²) in [5.74, 6) is -0.363. The highest BCUT2D eigenvalue weighted by Crippen LogP contribution is 2.22. The number of oxazole rings is 1. The fourth-order valence-electron chi connectivity index (χ4n) is 3.91. The van der Waals surface area contributed by atoms with Gasteiger partial charge in [-0.25, -0.2) is 8.78 Å². The summed E-state index contributed by atoms with van der Waals surface area (Å²) in [6.07, 6.45) is 6.15. The van der Waals surface area contributed by atoms with Crippen molar-refractivity contribution in [1.82, 2.24) is 10.3 Å². The number of rotatable bonds is 11. The Bertz CT molecular complexity index is 966. The summed E-state index contributed by atoms with van der Waals surface area (Å²) in [4.78, 5) is 4.52. The van der Waals surface area contributed by atoms with Gasteiger partial charge in [-0.15, -0.1) is 0 Å². The molecule has 1 fully saturated rings. The smallest absolute Gasteiger partial charge is 0.295 e. The van der Waals surface area contributed by atoms with Crippen molar-refractivity contribution in [3.8, 4) is 5.75 Å². The summed E-state index contributed by atoms with van der Waals surface area (Å²) in [5.41, 5.74) is 2.93. The minimum absolute atomic E-state index is 0.242. The fraction of sp³-hybridized carbons (Fsp3) is 0.458. The van der Waals surface area contributed by atoms with Crippen LogP contribution in [0.3, 0.4) is 0 Å². The van der Waals surface area contributed by atoms with Gasteiger partial charge in [0, 0.05) is 24.7 Å². The Hall–Kier alpha value is -2.67. The Morgan fingerprint density at radius 2 is 1.90 bits per heavy atom. The number of hydrogen-bond acceptors (Lipinski definition) is 5. The summed E-state index contributed by atoms with van der Waals surface area (Å²) >= 11 is 0. The van der Waals surface area contributed by atoms with E-state index in [1.54, 1.807) is 0 Å². The van der Waals surface area contributed by atoms with Gasteiger partial charge in [-0.2, -0.15) is 4.98 Å². The number of unbranched alkanes of at least 4 members (excludes halogenated alkanes) is 3. The Morgan fingerprint density at radius 1 is 1.06 bits per heavy atom. The van der Waals surface area contributed by atoms with Gasteiger partial charge in [0.25, 0.3) is 6.01 Å². The first-order valence-electron chi connectivity index (χ1n) is 11.1. The maximum absolute atomic E-state index is 13.1. The molecule has 1 atom stereocenters. The molecule has 4 rings (SSSR count). The molecule has 7 heteroatoms. The van der Waals surface area contributed by atoms with E-state index >= 15 is 0 Å². The number of ether oxygens (including phenoxy) is 1. The van der Waals surface area contributed by atoms with Crippen LogP contribution < -0.4 is 15.4 Å². The topological polar surface area (TPSA) is 59.3 Å². The number of nitrogens with one attached hydrogen (secondary N) is 2. The van der Waals surface area contributed by atoms with Crippen molar-refractivity contribution in [3.63, 3.8) is 0 Å². The molecule has 2 aromatic carbocycles. The molecule has 3 aromatic rings. The summed E-state index contributed by atoms with van der Waals surface area (Å²) in [6, 6.07) is 10.0. The largest absolute Gasteiger partial charge is 0.493 e. The number of aryl methyl sites for hydroxylation is 1. The van der Waals surface area contributed by atoms with E-state index in [0.29, 0.717) is 18.5 Å². The highest BCUT2D eigenvalue weighted by molar-refractivity contribution is 5.75. The first kappa shape index (κ1) is 21.6. The standard InChI is InChI=1S/C24H29F2N3O2/c25-19-12-20(26)14-21(13-19)30-10-4-2-1-3-5-17-6-7-22-23(11-17)31-24(29-22)28-16-18-8-9-27-15-18/h6-7,11-14,18,27H,1-5,8-10,15-16H2,(H,28,29). The molecule has 31 heavy (non-hydrogen) atoms. The molecular weight excluding hydrogens is 400 g/mol. The first-order valence-corrected chi connectivity index (χ1v) is 11.1. The number of aromatic nitrogens is 1. The third kappa shape index (κ3) is 6.40. The molecule has 5 nitrogen and oxygen atoms in total. The second kappa shape index (κ2) is 10.6. The number of fused-ring (bicyclic) bond motifs is 1. The zero-order chi connectivity index (χ0) is 21.5. The molecule has 166 valence electrons. The Morgan fingerprint density at radius 3 is 2.71 bits per heavy atom. The van der Waals surface area contributed by atoms with Gasteiger partial charge in [-0.3, -0.25) is 0 Å². The molecule has 1 aliphatic heterocycles. The summed E-state index contributed by atoms with van der Waals surface area (Å²) in [6.45, 7) is 3.47. The maximum atomic E-state index is 13.1. The number of benzene rings is 2. The Balaban J connectivity index is 1.15. The molecule has 2 heterocycles. The van der Waals surface area contributed by atoms with Crippen molar-refractivity contribution >= 4 is 17.1 Å². The summed E-state index contributed by atoms with van der Waals surface area (Å²) in [5, 5.41) is 6.68. The third-order valence-electron chi connectivity index (χ3n) is 5.62. The van der Waals surface area contributed by atoms with Crippen LogP contribution in [0, 0.1) is 17.6 Å². The van der Waals surface area contributed by atoms with E-state index < -0.39 is 11.6 Å². The molecule has 1 aliphatic rings. The quantitative estimate of drug-likeness (QED) is 0.405. The van der Waals surface area contributed by atoms with Gasteiger partial charge in [0.05, 0.1) is 6.61 Å². The lowest BCUT2D eigenvalue weighted by molar-refractivity contribution is 0.301. The molecule has 1 unspecified atom stereocenters. The number of halogens is 2. The highest BCUT2D eigenvalue weighted by atomic mass is 19.1. The first-order chi connectivity index (χ1) is 15.2. The van der Waals surface area contributed by atoms with Gasteiger partial charge in [-0.05, 0) is 62.4 Å². The number of anilines is 1. The van der Waals surface area contributed by atoms with Crippen LogP contribution in [0.5, 0.6) is 5.75 Å². The predicted octanol–water partition coefficient (Wildman–Crippen LogP) is 5.31. The molecule has 1 aromatic heterocycles. The van der Waals surface area contributed by atoms with E-state index in [0.717, 1.165) is 68.9 Å². The van der Waals surface area contributed by atoms with E-state index in [1.165, 1.54) is 24.1 Å². The zero-order valence-electron chi connectivity index (χ0n) is 17.6. The molecule has 0 saturated carbocycles. The van der Waals surface area contributed by atoms with E-state index in [9.17, 15) is 8.78 Å². The lowest BCUT2D eigenvalue weighted by atomic mass is 10.1. The molecule has 1 saturated heterocycles. The van der Waals surface area contributed by atoms with Crippen LogP contribution in [0.1, 0.15) is 37.7 Å². The molecule has 0 radical (unpaired) electrons. The van der Waals surface area contributed by atoms with Gasteiger partial charge < -0.3 is 19.8 Å². The number of hydrogen-bond donors (Lipinski definition) is 2. The van der Waals surface area contributed by atoms with Crippen molar-refractivity contribution < 1.29 is 17.9 Å². The lowest BCUT2D eigenvalue weighted by Gasteiger charge is -2.07. The van der Waals surface area contributed by atoms with Crippen LogP contribution in [-0.2, 0) is 6.42 Å². The summed E-state index contributed by atoms with van der Waals surface area (Å²) in [7, 11) is 0. The van der Waals surface area contributed by atoms with Gasteiger partial charge in [0.15, 0.2) is 5.58 Å². The minimum atomic E-state index is -0.618. The second-order valence-corrected chi connectivity index (χ2v) is 8.18. The highest BCUT2D eigenvalue weighted by Gasteiger charge is 2.15. The molecule has 0 amide bonds. The second-order valence-electron chi connectivity index (χ2n) is 8.18. The van der Waals surface area contributed by atoms with Crippen LogP contribution in [0.2, 0.25) is 0 Å². The van der Waals surface area contributed by atoms with Crippen LogP contribution in [-0.4, -0.2) is 31.2 Å². The van der Waals surface area contributed by atoms with Gasteiger partial charge >= 0.3 is 0 Å². The lowest BCUT2D eigenvalue weighted by Crippen LogP contribution is -2.17. The Kier molecular flexibility index (Phi) is 7.35. The van der Waals surface area contributed by atoms with Crippen molar-refractivity contribution in [2.24, 2.45) is 5.92 Å². The van der Waals surface area contributed by atoms with E-state index in [2.05, 4.69) is 27.8 Å². The Labute approximate surface area is 181 Å². The molecular formula is C24H29F2N3O2. The SMILES string of the molecule is Fc1cc(F)cc(OCCCCCCc2ccc3nc(NCC4CCNC4)oc3c2)c1.